The Labute approximate surface area is 188 Å². The van der Waals surface area contributed by atoms with Gasteiger partial charge >= 0.3 is 0 Å². The molecule has 0 radical (unpaired) electrons. The molecule has 0 fully saturated rings. The zero-order valence-electron chi connectivity index (χ0n) is 18.3. The predicted molar refractivity (Wildman–Crippen MR) is 120 cm³/mol. The molecule has 1 N–H and O–H groups in total. The Morgan fingerprint density at radius 3 is 2.58 bits per heavy atom. The summed E-state index contributed by atoms with van der Waals surface area (Å²) in [6, 6.07) is 12.5. The van der Waals surface area contributed by atoms with Crippen molar-refractivity contribution >= 4 is 22.8 Å². The van der Waals surface area contributed by atoms with Crippen LogP contribution in [0.1, 0.15) is 5.56 Å². The summed E-state index contributed by atoms with van der Waals surface area (Å²) in [5, 5.41) is 10.8. The summed E-state index contributed by atoms with van der Waals surface area (Å²) in [5.41, 5.74) is 1.31. The molecule has 4 aromatic rings. The summed E-state index contributed by atoms with van der Waals surface area (Å²) in [5.74, 6) is 1.31. The fraction of sp³-hybridized carbons (Fsp3) is 0.227. The summed E-state index contributed by atoms with van der Waals surface area (Å²) in [6.45, 7) is 0.113. The fourth-order valence-corrected chi connectivity index (χ4v) is 3.30. The Kier molecular flexibility index (Phi) is 6.20. The molecular weight excluding hydrogens is 428 g/mol. The van der Waals surface area contributed by atoms with E-state index in [9.17, 15) is 9.59 Å². The van der Waals surface area contributed by atoms with Crippen LogP contribution in [-0.4, -0.2) is 51.8 Å². The zero-order chi connectivity index (χ0) is 23.4. The van der Waals surface area contributed by atoms with Crippen LogP contribution in [0, 0.1) is 0 Å². The molecule has 2 aromatic carbocycles. The molecule has 0 spiro atoms. The van der Waals surface area contributed by atoms with Gasteiger partial charge in [0.1, 0.15) is 30.1 Å². The van der Waals surface area contributed by atoms with Crippen LogP contribution in [0.15, 0.2) is 53.6 Å². The van der Waals surface area contributed by atoms with Gasteiger partial charge in [0.25, 0.3) is 5.56 Å². The second-order valence-corrected chi connectivity index (χ2v) is 7.06. The number of carbonyl (C=O) groups excluding carboxylic acids is 1. The third-order valence-electron chi connectivity index (χ3n) is 4.96. The Morgan fingerprint density at radius 2 is 1.82 bits per heavy atom. The minimum absolute atomic E-state index is 0.0789. The molecule has 33 heavy (non-hydrogen) atoms. The number of rotatable bonds is 8. The largest absolute Gasteiger partial charge is 0.497 e. The monoisotopic (exact) mass is 450 g/mol. The van der Waals surface area contributed by atoms with Gasteiger partial charge in [-0.2, -0.15) is 0 Å². The van der Waals surface area contributed by atoms with E-state index in [1.165, 1.54) is 29.8 Å². The lowest BCUT2D eigenvalue weighted by Crippen LogP contribution is -2.28. The summed E-state index contributed by atoms with van der Waals surface area (Å²) in [7, 11) is 4.62. The molecule has 0 aliphatic heterocycles. The number of aromatic nitrogens is 5. The number of ether oxygens (including phenoxy) is 3. The van der Waals surface area contributed by atoms with Crippen molar-refractivity contribution < 1.29 is 19.0 Å². The molecule has 0 atom stereocenters. The van der Waals surface area contributed by atoms with E-state index in [0.29, 0.717) is 35.1 Å². The van der Waals surface area contributed by atoms with E-state index in [1.807, 2.05) is 24.3 Å². The van der Waals surface area contributed by atoms with Crippen molar-refractivity contribution in [2.24, 2.45) is 0 Å². The van der Waals surface area contributed by atoms with Gasteiger partial charge in [0.05, 0.1) is 33.6 Å². The van der Waals surface area contributed by atoms with Gasteiger partial charge in [-0.25, -0.2) is 9.67 Å². The van der Waals surface area contributed by atoms with Gasteiger partial charge in [0.15, 0.2) is 11.2 Å². The van der Waals surface area contributed by atoms with Crippen LogP contribution in [0.5, 0.6) is 17.2 Å². The maximum absolute atomic E-state index is 12.9. The van der Waals surface area contributed by atoms with Gasteiger partial charge in [0.2, 0.25) is 5.91 Å². The Balaban J connectivity index is 1.53. The molecule has 0 bridgehead atoms. The molecule has 2 aromatic heterocycles. The van der Waals surface area contributed by atoms with Crippen molar-refractivity contribution in [2.45, 2.75) is 13.1 Å². The maximum Gasteiger partial charge on any atom is 0.283 e. The van der Waals surface area contributed by atoms with Gasteiger partial charge in [0, 0.05) is 6.07 Å². The molecule has 4 rings (SSSR count). The second-order valence-electron chi connectivity index (χ2n) is 7.06. The molecule has 0 saturated heterocycles. The van der Waals surface area contributed by atoms with Crippen molar-refractivity contribution in [3.63, 3.8) is 0 Å². The second kappa shape index (κ2) is 9.39. The number of amides is 1. The molecular formula is C22H22N6O5. The minimum Gasteiger partial charge on any atom is -0.497 e. The number of anilines is 1. The molecule has 1 amide bonds. The van der Waals surface area contributed by atoms with Crippen molar-refractivity contribution in [3.05, 3.63) is 64.7 Å². The van der Waals surface area contributed by atoms with Gasteiger partial charge in [-0.15, -0.1) is 5.10 Å². The lowest BCUT2D eigenvalue weighted by atomic mass is 10.2. The summed E-state index contributed by atoms with van der Waals surface area (Å²) in [6.07, 6.45) is 1.31. The van der Waals surface area contributed by atoms with Crippen LogP contribution in [0.4, 0.5) is 5.69 Å². The van der Waals surface area contributed by atoms with Gasteiger partial charge in [-0.1, -0.05) is 17.3 Å². The number of benzene rings is 2. The average molecular weight is 450 g/mol. The predicted octanol–water partition coefficient (Wildman–Crippen LogP) is 1.70. The topological polar surface area (TPSA) is 122 Å². The molecule has 0 aliphatic rings. The Morgan fingerprint density at radius 1 is 1.03 bits per heavy atom. The first-order valence-electron chi connectivity index (χ1n) is 9.96. The molecule has 170 valence electrons. The highest BCUT2D eigenvalue weighted by molar-refractivity contribution is 5.92. The number of nitrogens with zero attached hydrogens (tertiary/aromatic N) is 5. The third kappa shape index (κ3) is 4.61. The first-order valence-corrected chi connectivity index (χ1v) is 9.96. The summed E-state index contributed by atoms with van der Waals surface area (Å²) < 4.78 is 18.4. The highest BCUT2D eigenvalue weighted by Gasteiger charge is 2.15. The zero-order valence-corrected chi connectivity index (χ0v) is 18.3. The first-order chi connectivity index (χ1) is 16.0. The van der Waals surface area contributed by atoms with E-state index in [2.05, 4.69) is 20.6 Å². The van der Waals surface area contributed by atoms with E-state index in [1.54, 1.807) is 25.3 Å². The Bertz CT molecular complexity index is 1360. The number of fused-ring (bicyclic) bond motifs is 1. The van der Waals surface area contributed by atoms with E-state index in [0.717, 1.165) is 5.56 Å². The summed E-state index contributed by atoms with van der Waals surface area (Å²) >= 11 is 0. The van der Waals surface area contributed by atoms with Crippen LogP contribution >= 0.6 is 0 Å². The number of methoxy groups -OCH3 is 3. The highest BCUT2D eigenvalue weighted by atomic mass is 16.5. The van der Waals surface area contributed by atoms with E-state index < -0.39 is 11.5 Å². The van der Waals surface area contributed by atoms with Crippen LogP contribution < -0.4 is 25.1 Å². The van der Waals surface area contributed by atoms with Crippen LogP contribution in [0.2, 0.25) is 0 Å². The van der Waals surface area contributed by atoms with E-state index in [-0.39, 0.29) is 12.1 Å². The van der Waals surface area contributed by atoms with E-state index in [4.69, 9.17) is 14.2 Å². The SMILES string of the molecule is COc1cccc(Cn2nnc3c(=O)n(CC(=O)Nc4ccc(OC)cc4OC)cnc32)c1. The molecule has 0 unspecified atom stereocenters. The van der Waals surface area contributed by atoms with E-state index >= 15 is 0 Å². The number of carbonyl (C=O) groups is 1. The number of nitrogens with one attached hydrogen (secondary N) is 1. The lowest BCUT2D eigenvalue weighted by Gasteiger charge is -2.12. The first kappa shape index (κ1) is 21.8. The smallest absolute Gasteiger partial charge is 0.283 e. The van der Waals surface area contributed by atoms with Crippen LogP contribution in [-0.2, 0) is 17.9 Å². The Hall–Kier alpha value is -4.41. The molecule has 11 heteroatoms. The highest BCUT2D eigenvalue weighted by Crippen LogP contribution is 2.29. The molecule has 2 heterocycles. The normalized spacial score (nSPS) is 10.8. The molecule has 0 saturated carbocycles. The van der Waals surface area contributed by atoms with Gasteiger partial charge in [-0.05, 0) is 29.8 Å². The third-order valence-corrected chi connectivity index (χ3v) is 4.96. The van der Waals surface area contributed by atoms with Gasteiger partial charge < -0.3 is 19.5 Å². The molecule has 0 aliphatic carbocycles. The molecule has 11 nitrogen and oxygen atoms in total. The standard InChI is InChI=1S/C22H22N6O5/c1-31-15-6-4-5-14(9-15)11-28-21-20(25-26-28)22(30)27(13-23-21)12-19(29)24-17-8-7-16(32-2)10-18(17)33-3/h4-10,13H,11-12H2,1-3H3,(H,24,29). The number of hydrogen-bond acceptors (Lipinski definition) is 8. The van der Waals surface area contributed by atoms with Crippen molar-refractivity contribution in [1.29, 1.82) is 0 Å². The van der Waals surface area contributed by atoms with Crippen molar-refractivity contribution in [1.82, 2.24) is 24.5 Å². The van der Waals surface area contributed by atoms with Crippen LogP contribution in [0.25, 0.3) is 11.2 Å². The van der Waals surface area contributed by atoms with Crippen LogP contribution in [0.3, 0.4) is 0 Å². The maximum atomic E-state index is 12.9. The number of hydrogen-bond donors (Lipinski definition) is 1. The fourth-order valence-electron chi connectivity index (χ4n) is 3.30. The van der Waals surface area contributed by atoms with Crippen molar-refractivity contribution in [2.75, 3.05) is 26.6 Å². The van der Waals surface area contributed by atoms with Gasteiger partial charge in [-0.3, -0.25) is 14.2 Å². The van der Waals surface area contributed by atoms with Crippen molar-refractivity contribution in [3.8, 4) is 17.2 Å². The summed E-state index contributed by atoms with van der Waals surface area (Å²) in [4.78, 5) is 29.7. The quantitative estimate of drug-likeness (QED) is 0.430. The average Bonchev–Trinajstić information content (AvgIpc) is 3.24. The lowest BCUT2D eigenvalue weighted by molar-refractivity contribution is -0.116. The minimum atomic E-state index is -0.464.